The van der Waals surface area contributed by atoms with Gasteiger partial charge in [0.05, 0.1) is 0 Å². The van der Waals surface area contributed by atoms with Crippen LogP contribution in [0.15, 0.2) is 40.6 Å². The van der Waals surface area contributed by atoms with E-state index >= 15 is 0 Å². The van der Waals surface area contributed by atoms with Crippen LogP contribution in [0.4, 0.5) is 4.39 Å². The molecule has 0 fully saturated rings. The second kappa shape index (κ2) is 9.36. The summed E-state index contributed by atoms with van der Waals surface area (Å²) in [4.78, 5) is 0. The van der Waals surface area contributed by atoms with Gasteiger partial charge in [-0.3, -0.25) is 0 Å². The molecular formula is C18H25FSe. The zero-order chi connectivity index (χ0) is 14.0. The maximum atomic E-state index is 14.4. The molecule has 0 saturated heterocycles. The molecule has 0 spiro atoms. The monoisotopic (exact) mass is 340 g/mol. The molecule has 1 aliphatic rings. The maximum absolute atomic E-state index is 14.4. The molecule has 0 aromatic heterocycles. The molecular weight excluding hydrogens is 314 g/mol. The third-order valence-electron chi connectivity index (χ3n) is 3.84. The van der Waals surface area contributed by atoms with Gasteiger partial charge >= 0.3 is 129 Å². The Labute approximate surface area is 129 Å². The van der Waals surface area contributed by atoms with Crippen molar-refractivity contribution in [3.05, 3.63) is 40.6 Å². The normalized spacial score (nSPS) is 22.9. The van der Waals surface area contributed by atoms with Crippen molar-refractivity contribution in [2.45, 2.75) is 64.2 Å². The fourth-order valence-corrected chi connectivity index (χ4v) is 4.81. The fraction of sp³-hybridized carbons (Fsp3) is 0.556. The summed E-state index contributed by atoms with van der Waals surface area (Å²) in [5.74, 6) is 0.203. The molecule has 2 heteroatoms. The van der Waals surface area contributed by atoms with E-state index in [1.807, 2.05) is 6.07 Å². The molecule has 0 atom stereocenters. The average Bonchev–Trinajstić information content (AvgIpc) is 2.47. The molecule has 0 nitrogen and oxygen atoms in total. The van der Waals surface area contributed by atoms with Crippen molar-refractivity contribution in [3.63, 3.8) is 0 Å². The second-order valence-corrected chi connectivity index (χ2v) is 8.02. The quantitative estimate of drug-likeness (QED) is 0.657. The van der Waals surface area contributed by atoms with Crippen LogP contribution in [0.25, 0.3) is 0 Å². The van der Waals surface area contributed by atoms with Crippen LogP contribution in [0.3, 0.4) is 0 Å². The first kappa shape index (κ1) is 15.8. The van der Waals surface area contributed by atoms with E-state index in [-0.39, 0.29) is 20.8 Å². The van der Waals surface area contributed by atoms with Crippen LogP contribution in [-0.4, -0.2) is 15.0 Å². The first-order valence-corrected chi connectivity index (χ1v) is 9.68. The molecule has 0 bridgehead atoms. The number of benzene rings is 1. The van der Waals surface area contributed by atoms with Crippen molar-refractivity contribution >= 4 is 19.4 Å². The van der Waals surface area contributed by atoms with E-state index < -0.39 is 0 Å². The van der Waals surface area contributed by atoms with Crippen LogP contribution in [0.5, 0.6) is 0 Å². The summed E-state index contributed by atoms with van der Waals surface area (Å²) in [6.07, 6.45) is 11.6. The summed E-state index contributed by atoms with van der Waals surface area (Å²) >= 11 is 0.176. The molecule has 0 heterocycles. The molecule has 110 valence electrons. The van der Waals surface area contributed by atoms with Gasteiger partial charge in [0, 0.05) is 0 Å². The van der Waals surface area contributed by atoms with E-state index in [0.717, 1.165) is 23.7 Å². The summed E-state index contributed by atoms with van der Waals surface area (Å²) in [6.45, 7) is 0. The van der Waals surface area contributed by atoms with Crippen LogP contribution < -0.4 is 4.46 Å². The summed E-state index contributed by atoms with van der Waals surface area (Å²) < 4.78 is 16.8. The summed E-state index contributed by atoms with van der Waals surface area (Å²) in [5, 5.41) is 0. The van der Waals surface area contributed by atoms with Gasteiger partial charge in [0.1, 0.15) is 0 Å². The number of rotatable bonds is 2. The number of hydrogen-bond acceptors (Lipinski definition) is 0. The molecule has 0 unspecified atom stereocenters. The van der Waals surface area contributed by atoms with Crippen molar-refractivity contribution in [1.82, 2.24) is 0 Å². The SMILES string of the molecule is F/C1=C(/[Se]c2ccccc2)CCCCCCCCCC1. The molecule has 0 saturated carbocycles. The molecule has 20 heavy (non-hydrogen) atoms. The Balaban J connectivity index is 2.01. The Morgan fingerprint density at radius 3 is 1.90 bits per heavy atom. The van der Waals surface area contributed by atoms with Crippen LogP contribution >= 0.6 is 0 Å². The molecule has 0 radical (unpaired) electrons. The van der Waals surface area contributed by atoms with E-state index in [9.17, 15) is 4.39 Å². The standard InChI is InChI=1S/C18H25FSe/c19-17-14-10-5-3-1-2-4-6-11-15-18(17)20-16-12-8-7-9-13-16/h7-9,12-13H,1-6,10-11,14-15H2/b18-17+. The zero-order valence-corrected chi connectivity index (χ0v) is 14.0. The van der Waals surface area contributed by atoms with E-state index in [1.165, 1.54) is 43.0 Å². The Kier molecular flexibility index (Phi) is 7.39. The number of halogens is 1. The molecule has 2 rings (SSSR count). The number of allylic oxidation sites excluding steroid dienone is 2. The molecule has 1 aromatic rings. The second-order valence-electron chi connectivity index (χ2n) is 5.57. The predicted molar refractivity (Wildman–Crippen MR) is 86.1 cm³/mol. The van der Waals surface area contributed by atoms with Gasteiger partial charge in [-0.1, -0.05) is 0 Å². The topological polar surface area (TPSA) is 0 Å². The Morgan fingerprint density at radius 2 is 1.25 bits per heavy atom. The van der Waals surface area contributed by atoms with Crippen molar-refractivity contribution in [2.75, 3.05) is 0 Å². The van der Waals surface area contributed by atoms with E-state index in [1.54, 1.807) is 0 Å². The van der Waals surface area contributed by atoms with E-state index in [0.29, 0.717) is 6.42 Å². The number of hydrogen-bond donors (Lipinski definition) is 0. The fourth-order valence-electron chi connectivity index (χ4n) is 2.64. The Bertz CT molecular complexity index is 411. The van der Waals surface area contributed by atoms with Gasteiger partial charge in [-0.05, 0) is 0 Å². The van der Waals surface area contributed by atoms with Crippen molar-refractivity contribution in [2.24, 2.45) is 0 Å². The molecule has 0 aliphatic heterocycles. The van der Waals surface area contributed by atoms with Crippen LogP contribution in [-0.2, 0) is 0 Å². The van der Waals surface area contributed by atoms with Gasteiger partial charge in [0.25, 0.3) is 0 Å². The Hall–Kier alpha value is -0.591. The van der Waals surface area contributed by atoms with Crippen LogP contribution in [0.1, 0.15) is 64.2 Å². The van der Waals surface area contributed by atoms with Crippen molar-refractivity contribution in [3.8, 4) is 0 Å². The average molecular weight is 339 g/mol. The van der Waals surface area contributed by atoms with Gasteiger partial charge < -0.3 is 0 Å². The first-order chi connectivity index (χ1) is 9.86. The first-order valence-electron chi connectivity index (χ1n) is 7.97. The Morgan fingerprint density at radius 1 is 0.700 bits per heavy atom. The third kappa shape index (κ3) is 5.81. The van der Waals surface area contributed by atoms with Crippen molar-refractivity contribution < 1.29 is 4.39 Å². The predicted octanol–water partition coefficient (Wildman–Crippen LogP) is 5.11. The third-order valence-corrected chi connectivity index (χ3v) is 6.31. The van der Waals surface area contributed by atoms with Crippen molar-refractivity contribution in [1.29, 1.82) is 0 Å². The van der Waals surface area contributed by atoms with Crippen LogP contribution in [0.2, 0.25) is 0 Å². The van der Waals surface area contributed by atoms with Gasteiger partial charge in [0.15, 0.2) is 0 Å². The van der Waals surface area contributed by atoms with E-state index in [2.05, 4.69) is 24.3 Å². The minimum absolute atomic E-state index is 0.176. The van der Waals surface area contributed by atoms with Gasteiger partial charge in [0.2, 0.25) is 0 Å². The van der Waals surface area contributed by atoms with Gasteiger partial charge in [-0.25, -0.2) is 0 Å². The van der Waals surface area contributed by atoms with Gasteiger partial charge in [-0.2, -0.15) is 0 Å². The summed E-state index contributed by atoms with van der Waals surface area (Å²) in [7, 11) is 0. The minimum atomic E-state index is 0.176. The zero-order valence-electron chi connectivity index (χ0n) is 12.2. The molecule has 0 amide bonds. The molecule has 1 aliphatic carbocycles. The molecule has 1 aromatic carbocycles. The molecule has 0 N–H and O–H groups in total. The van der Waals surface area contributed by atoms with Crippen LogP contribution in [0, 0.1) is 0 Å². The summed E-state index contributed by atoms with van der Waals surface area (Å²) in [6, 6.07) is 10.4. The van der Waals surface area contributed by atoms with Gasteiger partial charge in [-0.15, -0.1) is 0 Å². The summed E-state index contributed by atoms with van der Waals surface area (Å²) in [5.41, 5.74) is 0. The van der Waals surface area contributed by atoms with E-state index in [4.69, 9.17) is 0 Å².